The minimum atomic E-state index is -3.55. The molecule has 3 aromatic rings. The number of aromatic nitrogens is 1. The van der Waals surface area contributed by atoms with Gasteiger partial charge in [-0.25, -0.2) is 13.4 Å². The zero-order valence-corrected chi connectivity index (χ0v) is 19.8. The number of nitrogens with zero attached hydrogens (tertiary/aromatic N) is 2. The number of carbonyl (C=O) groups excluding carboxylic acids is 1. The molecule has 0 atom stereocenters. The first-order valence-corrected chi connectivity index (χ1v) is 13.0. The fourth-order valence-corrected chi connectivity index (χ4v) is 5.48. The van der Waals surface area contributed by atoms with Crippen LogP contribution in [0.1, 0.15) is 23.7 Å². The van der Waals surface area contributed by atoms with Gasteiger partial charge in [-0.2, -0.15) is 4.31 Å². The van der Waals surface area contributed by atoms with E-state index in [1.165, 1.54) is 15.6 Å². The summed E-state index contributed by atoms with van der Waals surface area (Å²) < 4.78 is 37.9. The van der Waals surface area contributed by atoms with Gasteiger partial charge >= 0.3 is 0 Å². The van der Waals surface area contributed by atoms with Crippen molar-refractivity contribution in [3.05, 3.63) is 59.5 Å². The van der Waals surface area contributed by atoms with E-state index in [0.29, 0.717) is 55.0 Å². The van der Waals surface area contributed by atoms with Crippen LogP contribution >= 0.6 is 11.3 Å². The maximum absolute atomic E-state index is 12.8. The molecule has 1 aliphatic heterocycles. The van der Waals surface area contributed by atoms with Crippen LogP contribution in [0, 0.1) is 0 Å². The van der Waals surface area contributed by atoms with Crippen LogP contribution in [-0.2, 0) is 14.8 Å². The number of carbonyl (C=O) groups is 1. The van der Waals surface area contributed by atoms with Gasteiger partial charge in [-0.05, 0) is 30.7 Å². The Hall–Kier alpha value is -2.79. The van der Waals surface area contributed by atoms with Crippen molar-refractivity contribution in [2.24, 2.45) is 0 Å². The summed E-state index contributed by atoms with van der Waals surface area (Å²) in [6.45, 7) is 4.05. The molecule has 1 fully saturated rings. The van der Waals surface area contributed by atoms with Crippen molar-refractivity contribution in [2.45, 2.75) is 18.2 Å². The highest BCUT2D eigenvalue weighted by atomic mass is 32.2. The first-order chi connectivity index (χ1) is 16.0. The lowest BCUT2D eigenvalue weighted by molar-refractivity contribution is 0.0730. The molecule has 33 heavy (non-hydrogen) atoms. The van der Waals surface area contributed by atoms with E-state index in [1.54, 1.807) is 42.5 Å². The van der Waals surface area contributed by atoms with E-state index in [9.17, 15) is 13.2 Å². The molecule has 0 unspecified atom stereocenters. The standard InChI is InChI=1S/C23H25N3O5S2/c1-2-13-31-21-6-4-3-5-19(21)22(27)25-23-24-20(16-32-23)17-7-9-18(10-8-17)33(28,29)26-11-14-30-15-12-26/h3-10,16H,2,11-15H2,1H3,(H,24,25,27). The normalized spacial score (nSPS) is 14.7. The van der Waals surface area contributed by atoms with Gasteiger partial charge in [0.15, 0.2) is 5.13 Å². The number of amides is 1. The average molecular weight is 488 g/mol. The zero-order valence-electron chi connectivity index (χ0n) is 18.2. The molecule has 2 aromatic carbocycles. The second kappa shape index (κ2) is 10.4. The van der Waals surface area contributed by atoms with Gasteiger partial charge in [0.2, 0.25) is 10.0 Å². The SMILES string of the molecule is CCCOc1ccccc1C(=O)Nc1nc(-c2ccc(S(=O)(=O)N3CCOCC3)cc2)cs1. The maximum Gasteiger partial charge on any atom is 0.261 e. The van der Waals surface area contributed by atoms with E-state index in [1.807, 2.05) is 18.4 Å². The number of hydrogen-bond donors (Lipinski definition) is 1. The van der Waals surface area contributed by atoms with Gasteiger partial charge in [0.05, 0.1) is 36.0 Å². The molecular weight excluding hydrogens is 462 g/mol. The Balaban J connectivity index is 1.46. The number of morpholine rings is 1. The largest absolute Gasteiger partial charge is 0.493 e. The second-order valence-corrected chi connectivity index (χ2v) is 10.2. The summed E-state index contributed by atoms with van der Waals surface area (Å²) in [5, 5.41) is 5.09. The van der Waals surface area contributed by atoms with Crippen LogP contribution in [0.3, 0.4) is 0 Å². The Morgan fingerprint density at radius 2 is 1.88 bits per heavy atom. The molecule has 0 saturated carbocycles. The molecule has 4 rings (SSSR count). The Morgan fingerprint density at radius 1 is 1.15 bits per heavy atom. The number of anilines is 1. The summed E-state index contributed by atoms with van der Waals surface area (Å²) in [6, 6.07) is 13.7. The number of ether oxygens (including phenoxy) is 2. The van der Waals surface area contributed by atoms with Crippen molar-refractivity contribution in [3.63, 3.8) is 0 Å². The molecule has 1 aliphatic rings. The van der Waals surface area contributed by atoms with Crippen LogP contribution in [-0.4, -0.2) is 56.5 Å². The molecule has 0 aliphatic carbocycles. The highest BCUT2D eigenvalue weighted by molar-refractivity contribution is 7.89. The number of hydrogen-bond acceptors (Lipinski definition) is 7. The van der Waals surface area contributed by atoms with Gasteiger partial charge in [0.1, 0.15) is 5.75 Å². The fourth-order valence-electron chi connectivity index (χ4n) is 3.35. The third kappa shape index (κ3) is 5.41. The van der Waals surface area contributed by atoms with Crippen molar-refractivity contribution in [1.82, 2.24) is 9.29 Å². The summed E-state index contributed by atoms with van der Waals surface area (Å²) in [4.78, 5) is 17.5. The van der Waals surface area contributed by atoms with Gasteiger partial charge in [0.25, 0.3) is 5.91 Å². The summed E-state index contributed by atoms with van der Waals surface area (Å²) in [6.07, 6.45) is 0.846. The van der Waals surface area contributed by atoms with Crippen LogP contribution in [0.5, 0.6) is 5.75 Å². The Kier molecular flexibility index (Phi) is 7.39. The number of sulfonamides is 1. The smallest absolute Gasteiger partial charge is 0.261 e. The van der Waals surface area contributed by atoms with Crippen LogP contribution in [0.15, 0.2) is 58.8 Å². The predicted octanol–water partition coefficient (Wildman–Crippen LogP) is 3.87. The zero-order chi connectivity index (χ0) is 23.3. The number of rotatable bonds is 8. The average Bonchev–Trinajstić information content (AvgIpc) is 3.32. The van der Waals surface area contributed by atoms with Crippen molar-refractivity contribution < 1.29 is 22.7 Å². The number of thiazole rings is 1. The van der Waals surface area contributed by atoms with Gasteiger partial charge in [-0.15, -0.1) is 11.3 Å². The first-order valence-electron chi connectivity index (χ1n) is 10.7. The monoisotopic (exact) mass is 487 g/mol. The van der Waals surface area contributed by atoms with Gasteiger partial charge in [0, 0.05) is 24.0 Å². The molecule has 1 aromatic heterocycles. The summed E-state index contributed by atoms with van der Waals surface area (Å²) >= 11 is 1.30. The maximum atomic E-state index is 12.8. The Morgan fingerprint density at radius 3 is 2.61 bits per heavy atom. The van der Waals surface area contributed by atoms with Crippen molar-refractivity contribution >= 4 is 32.4 Å². The Bertz CT molecular complexity index is 1200. The second-order valence-electron chi connectivity index (χ2n) is 7.38. The molecule has 2 heterocycles. The Labute approximate surface area is 197 Å². The quantitative estimate of drug-likeness (QED) is 0.518. The molecule has 1 saturated heterocycles. The predicted molar refractivity (Wildman–Crippen MR) is 127 cm³/mol. The first kappa shape index (κ1) is 23.4. The fraction of sp³-hybridized carbons (Fsp3) is 0.304. The third-order valence-electron chi connectivity index (χ3n) is 5.08. The van der Waals surface area contributed by atoms with Gasteiger partial charge in [-0.3, -0.25) is 10.1 Å². The molecule has 1 amide bonds. The summed E-state index contributed by atoms with van der Waals surface area (Å²) in [5.74, 6) is 0.236. The topological polar surface area (TPSA) is 97.8 Å². The van der Waals surface area contributed by atoms with Crippen LogP contribution in [0.2, 0.25) is 0 Å². The van der Waals surface area contributed by atoms with E-state index < -0.39 is 10.0 Å². The minimum Gasteiger partial charge on any atom is -0.493 e. The van der Waals surface area contributed by atoms with Crippen molar-refractivity contribution in [2.75, 3.05) is 38.2 Å². The van der Waals surface area contributed by atoms with Crippen molar-refractivity contribution in [3.8, 4) is 17.0 Å². The molecule has 8 nitrogen and oxygen atoms in total. The molecule has 0 radical (unpaired) electrons. The van der Waals surface area contributed by atoms with E-state index >= 15 is 0 Å². The molecule has 10 heteroatoms. The number of nitrogens with one attached hydrogen (secondary N) is 1. The molecule has 0 spiro atoms. The minimum absolute atomic E-state index is 0.237. The van der Waals surface area contributed by atoms with Gasteiger partial charge in [-0.1, -0.05) is 31.2 Å². The molecule has 0 bridgehead atoms. The highest BCUT2D eigenvalue weighted by Gasteiger charge is 2.26. The van der Waals surface area contributed by atoms with Gasteiger partial charge < -0.3 is 9.47 Å². The lowest BCUT2D eigenvalue weighted by Gasteiger charge is -2.26. The van der Waals surface area contributed by atoms with E-state index in [-0.39, 0.29) is 10.8 Å². The van der Waals surface area contributed by atoms with E-state index in [0.717, 1.165) is 12.0 Å². The third-order valence-corrected chi connectivity index (χ3v) is 7.75. The number of benzene rings is 2. The summed E-state index contributed by atoms with van der Waals surface area (Å²) in [7, 11) is -3.55. The van der Waals surface area contributed by atoms with E-state index in [2.05, 4.69) is 10.3 Å². The number of para-hydroxylation sites is 1. The van der Waals surface area contributed by atoms with E-state index in [4.69, 9.17) is 9.47 Å². The molecular formula is C23H25N3O5S2. The van der Waals surface area contributed by atoms with Crippen LogP contribution < -0.4 is 10.1 Å². The lowest BCUT2D eigenvalue weighted by atomic mass is 10.2. The molecule has 174 valence electrons. The summed E-state index contributed by atoms with van der Waals surface area (Å²) in [5.41, 5.74) is 1.86. The van der Waals surface area contributed by atoms with Crippen LogP contribution in [0.4, 0.5) is 5.13 Å². The van der Waals surface area contributed by atoms with Crippen molar-refractivity contribution in [1.29, 1.82) is 0 Å². The van der Waals surface area contributed by atoms with Crippen LogP contribution in [0.25, 0.3) is 11.3 Å². The lowest BCUT2D eigenvalue weighted by Crippen LogP contribution is -2.40. The molecule has 1 N–H and O–H groups in total. The highest BCUT2D eigenvalue weighted by Crippen LogP contribution is 2.28.